The van der Waals surface area contributed by atoms with E-state index in [0.29, 0.717) is 0 Å². The number of carboxylic acids is 1. The minimum absolute atomic E-state index is 0.0641. The van der Waals surface area contributed by atoms with Crippen molar-refractivity contribution < 1.29 is 28.3 Å². The highest BCUT2D eigenvalue weighted by atomic mass is 19.2. The van der Waals surface area contributed by atoms with Crippen molar-refractivity contribution in [2.24, 2.45) is 5.92 Å². The Morgan fingerprint density at radius 2 is 1.67 bits per heavy atom. The molecule has 140 valence electrons. The molecule has 2 aromatic carbocycles. The SMILES string of the molecule is O=C(OCC1c2ccccc2-c2ccccc21)C1CCN(F)[C@@]1(F)C(=O)O. The monoisotopic (exact) mass is 373 g/mol. The molecule has 1 fully saturated rings. The Bertz CT molecular complexity index is 873. The number of benzene rings is 2. The van der Waals surface area contributed by atoms with Crippen molar-refractivity contribution in [1.29, 1.82) is 0 Å². The van der Waals surface area contributed by atoms with E-state index >= 15 is 0 Å². The number of carbonyl (C=O) groups is 2. The van der Waals surface area contributed by atoms with Crippen LogP contribution in [0.1, 0.15) is 23.5 Å². The van der Waals surface area contributed by atoms with Crippen molar-refractivity contribution in [2.45, 2.75) is 18.1 Å². The van der Waals surface area contributed by atoms with Crippen molar-refractivity contribution in [3.8, 4) is 11.1 Å². The lowest BCUT2D eigenvalue weighted by Gasteiger charge is -2.24. The smallest absolute Gasteiger partial charge is 0.360 e. The second-order valence-corrected chi connectivity index (χ2v) is 6.76. The van der Waals surface area contributed by atoms with Gasteiger partial charge in [-0.3, -0.25) is 4.79 Å². The number of hydrogen-bond acceptors (Lipinski definition) is 4. The summed E-state index contributed by atoms with van der Waals surface area (Å²) in [6.45, 7) is -0.539. The lowest BCUT2D eigenvalue weighted by molar-refractivity contribution is -0.199. The molecule has 2 atom stereocenters. The van der Waals surface area contributed by atoms with Gasteiger partial charge in [0.15, 0.2) is 0 Å². The number of ether oxygens (including phenoxy) is 1. The van der Waals surface area contributed by atoms with E-state index < -0.39 is 35.3 Å². The number of fused-ring (bicyclic) bond motifs is 3. The molecule has 1 aliphatic carbocycles. The third kappa shape index (κ3) is 2.61. The third-order valence-corrected chi connectivity index (χ3v) is 5.37. The first kappa shape index (κ1) is 17.6. The summed E-state index contributed by atoms with van der Waals surface area (Å²) in [5.74, 6) is -8.39. The van der Waals surface area contributed by atoms with Crippen LogP contribution in [0.2, 0.25) is 0 Å². The molecule has 0 aromatic heterocycles. The molecule has 5 nitrogen and oxygen atoms in total. The van der Waals surface area contributed by atoms with Gasteiger partial charge in [0, 0.05) is 12.5 Å². The second kappa shape index (κ2) is 6.42. The van der Waals surface area contributed by atoms with Crippen LogP contribution in [0.25, 0.3) is 11.1 Å². The maximum absolute atomic E-state index is 14.6. The average molecular weight is 373 g/mol. The van der Waals surface area contributed by atoms with Gasteiger partial charge in [-0.2, -0.15) is 0 Å². The molecule has 4 rings (SSSR count). The fourth-order valence-corrected chi connectivity index (χ4v) is 4.00. The summed E-state index contributed by atoms with van der Waals surface area (Å²) in [6.07, 6.45) is -0.254. The van der Waals surface area contributed by atoms with Crippen LogP contribution >= 0.6 is 0 Å². The molecule has 0 bridgehead atoms. The van der Waals surface area contributed by atoms with Crippen molar-refractivity contribution in [3.05, 3.63) is 59.7 Å². The Morgan fingerprint density at radius 3 is 2.22 bits per heavy atom. The fraction of sp³-hybridized carbons (Fsp3) is 0.300. The quantitative estimate of drug-likeness (QED) is 0.506. The first-order valence-corrected chi connectivity index (χ1v) is 8.65. The number of hydrogen-bond donors (Lipinski definition) is 1. The van der Waals surface area contributed by atoms with Crippen LogP contribution in [0.5, 0.6) is 0 Å². The molecule has 2 aliphatic rings. The van der Waals surface area contributed by atoms with Crippen LogP contribution in [0.3, 0.4) is 0 Å². The zero-order valence-corrected chi connectivity index (χ0v) is 14.3. The summed E-state index contributed by atoms with van der Waals surface area (Å²) in [5.41, 5.74) is 4.04. The van der Waals surface area contributed by atoms with Crippen molar-refractivity contribution in [3.63, 3.8) is 0 Å². The minimum Gasteiger partial charge on any atom is -0.478 e. The average Bonchev–Trinajstić information content (AvgIpc) is 3.16. The van der Waals surface area contributed by atoms with Crippen LogP contribution in [-0.2, 0) is 14.3 Å². The number of nitrogens with zero attached hydrogens (tertiary/aromatic N) is 1. The Morgan fingerprint density at radius 1 is 1.11 bits per heavy atom. The molecule has 7 heteroatoms. The predicted octanol–water partition coefficient (Wildman–Crippen LogP) is 3.30. The Labute approximate surface area is 154 Å². The standard InChI is InChI=1S/C20H17F2NO4/c21-20(19(25)26)17(9-10-23(20)22)18(24)27-11-16-14-7-3-1-5-12(14)13-6-2-4-8-15(13)16/h1-8,16-17H,9-11H2,(H,25,26)/t17?,20-/m1/s1. The van der Waals surface area contributed by atoms with Crippen molar-refractivity contribution >= 4 is 11.9 Å². The summed E-state index contributed by atoms with van der Waals surface area (Å²) in [7, 11) is 0. The van der Waals surface area contributed by atoms with Gasteiger partial charge in [-0.15, -0.1) is 4.48 Å². The van der Waals surface area contributed by atoms with Gasteiger partial charge in [0.1, 0.15) is 12.5 Å². The number of aliphatic carboxylic acids is 1. The van der Waals surface area contributed by atoms with E-state index in [1.807, 2.05) is 48.5 Å². The molecule has 0 saturated carbocycles. The van der Waals surface area contributed by atoms with E-state index in [9.17, 15) is 18.5 Å². The maximum atomic E-state index is 14.6. The van der Waals surface area contributed by atoms with E-state index in [0.717, 1.165) is 22.3 Å². The minimum atomic E-state index is -3.39. The topological polar surface area (TPSA) is 66.8 Å². The van der Waals surface area contributed by atoms with Gasteiger partial charge in [-0.1, -0.05) is 53.7 Å². The molecule has 1 N–H and O–H groups in total. The normalized spacial score (nSPS) is 24.4. The largest absolute Gasteiger partial charge is 0.478 e. The summed E-state index contributed by atoms with van der Waals surface area (Å²) >= 11 is 0. The lowest BCUT2D eigenvalue weighted by atomic mass is 9.97. The molecule has 2 aromatic rings. The van der Waals surface area contributed by atoms with Gasteiger partial charge in [-0.25, -0.2) is 9.18 Å². The highest BCUT2D eigenvalue weighted by Gasteiger charge is 2.61. The van der Waals surface area contributed by atoms with Crippen LogP contribution in [0, 0.1) is 5.92 Å². The molecule has 0 spiro atoms. The van der Waals surface area contributed by atoms with Crippen molar-refractivity contribution in [2.75, 3.05) is 13.2 Å². The first-order valence-electron chi connectivity index (χ1n) is 8.65. The molecular formula is C20H17F2NO4. The molecule has 1 saturated heterocycles. The summed E-state index contributed by atoms with van der Waals surface area (Å²) in [4.78, 5) is 23.5. The second-order valence-electron chi connectivity index (χ2n) is 6.76. The predicted molar refractivity (Wildman–Crippen MR) is 92.1 cm³/mol. The number of carbonyl (C=O) groups excluding carboxylic acids is 1. The molecule has 0 amide bonds. The summed E-state index contributed by atoms with van der Waals surface area (Å²) in [6, 6.07) is 15.4. The lowest BCUT2D eigenvalue weighted by Crippen LogP contribution is -2.50. The van der Waals surface area contributed by atoms with Gasteiger partial charge in [0.25, 0.3) is 5.79 Å². The van der Waals surface area contributed by atoms with Gasteiger partial charge in [0.05, 0.1) is 0 Å². The fourth-order valence-electron chi connectivity index (χ4n) is 4.00. The number of esters is 1. The van der Waals surface area contributed by atoms with Gasteiger partial charge in [0.2, 0.25) is 0 Å². The number of rotatable bonds is 4. The number of carboxylic acid groups (broad SMARTS) is 1. The zero-order chi connectivity index (χ0) is 19.2. The molecule has 0 radical (unpaired) electrons. The summed E-state index contributed by atoms with van der Waals surface area (Å²) in [5, 5.41) is 8.59. The third-order valence-electron chi connectivity index (χ3n) is 5.37. The van der Waals surface area contributed by atoms with Crippen LogP contribution in [0.4, 0.5) is 8.87 Å². The van der Waals surface area contributed by atoms with E-state index in [1.54, 1.807) is 0 Å². The zero-order valence-electron chi connectivity index (χ0n) is 14.3. The number of alkyl halides is 1. The van der Waals surface area contributed by atoms with Crippen LogP contribution in [-0.4, -0.2) is 41.1 Å². The van der Waals surface area contributed by atoms with E-state index in [2.05, 4.69) is 0 Å². The number of halogens is 2. The van der Waals surface area contributed by atoms with Crippen molar-refractivity contribution in [1.82, 2.24) is 5.12 Å². The molecule has 1 unspecified atom stereocenters. The Balaban J connectivity index is 1.56. The summed E-state index contributed by atoms with van der Waals surface area (Å²) < 4.78 is 33.5. The van der Waals surface area contributed by atoms with E-state index in [-0.39, 0.29) is 18.9 Å². The van der Waals surface area contributed by atoms with Gasteiger partial charge >= 0.3 is 11.9 Å². The highest BCUT2D eigenvalue weighted by molar-refractivity contribution is 5.87. The van der Waals surface area contributed by atoms with Crippen LogP contribution in [0.15, 0.2) is 48.5 Å². The molecule has 1 heterocycles. The van der Waals surface area contributed by atoms with Crippen LogP contribution < -0.4 is 0 Å². The van der Waals surface area contributed by atoms with E-state index in [4.69, 9.17) is 9.84 Å². The molecule has 1 aliphatic heterocycles. The molecular weight excluding hydrogens is 356 g/mol. The van der Waals surface area contributed by atoms with Gasteiger partial charge < -0.3 is 9.84 Å². The Kier molecular flexibility index (Phi) is 4.19. The maximum Gasteiger partial charge on any atom is 0.360 e. The molecule has 27 heavy (non-hydrogen) atoms. The Hall–Kier alpha value is -2.80. The van der Waals surface area contributed by atoms with E-state index in [1.165, 1.54) is 0 Å². The van der Waals surface area contributed by atoms with Gasteiger partial charge in [-0.05, 0) is 28.7 Å². The highest BCUT2D eigenvalue weighted by Crippen LogP contribution is 2.45. The first-order chi connectivity index (χ1) is 12.9.